The van der Waals surface area contributed by atoms with E-state index in [-0.39, 0.29) is 5.91 Å². The molecule has 1 atom stereocenters. The molecule has 1 aromatic carbocycles. The Morgan fingerprint density at radius 1 is 1.53 bits per heavy atom. The molecule has 3 nitrogen and oxygen atoms in total. The summed E-state index contributed by atoms with van der Waals surface area (Å²) in [5.41, 5.74) is 0.960. The lowest BCUT2D eigenvalue weighted by atomic mass is 10.1. The van der Waals surface area contributed by atoms with E-state index in [2.05, 4.69) is 21.2 Å². The number of halogens is 1. The predicted octanol–water partition coefficient (Wildman–Crippen LogP) is 2.27. The zero-order chi connectivity index (χ0) is 12.7. The highest BCUT2D eigenvalue weighted by Crippen LogP contribution is 2.11. The summed E-state index contributed by atoms with van der Waals surface area (Å²) in [7, 11) is 0. The number of aliphatic hydroxyl groups excluding tert-OH is 1. The van der Waals surface area contributed by atoms with Crippen molar-refractivity contribution >= 4 is 21.8 Å². The first-order valence-electron chi connectivity index (χ1n) is 5.81. The first kappa shape index (κ1) is 14.2. The molecule has 0 fully saturated rings. The maximum atomic E-state index is 11.6. The number of hydrogen-bond acceptors (Lipinski definition) is 2. The highest BCUT2D eigenvalue weighted by atomic mass is 79.9. The summed E-state index contributed by atoms with van der Waals surface area (Å²) in [6, 6.07) is 7.65. The van der Waals surface area contributed by atoms with Crippen LogP contribution < -0.4 is 5.32 Å². The molecular weight excluding hydrogens is 282 g/mol. The Bertz CT molecular complexity index is 368. The van der Waals surface area contributed by atoms with Crippen molar-refractivity contribution in [2.75, 3.05) is 6.54 Å². The number of nitrogens with one attached hydrogen (secondary N) is 1. The highest BCUT2D eigenvalue weighted by Gasteiger charge is 2.07. The van der Waals surface area contributed by atoms with Crippen LogP contribution in [0.3, 0.4) is 0 Å². The van der Waals surface area contributed by atoms with Crippen LogP contribution in [0.5, 0.6) is 0 Å². The van der Waals surface area contributed by atoms with E-state index in [1.807, 2.05) is 31.2 Å². The normalized spacial score (nSPS) is 12.2. The van der Waals surface area contributed by atoms with Gasteiger partial charge in [-0.25, -0.2) is 0 Å². The molecular formula is C13H18BrNO2. The van der Waals surface area contributed by atoms with Gasteiger partial charge in [-0.15, -0.1) is 0 Å². The largest absolute Gasteiger partial charge is 0.391 e. The summed E-state index contributed by atoms with van der Waals surface area (Å²) in [6.07, 6.45) is 1.55. The van der Waals surface area contributed by atoms with Crippen LogP contribution in [0.15, 0.2) is 28.7 Å². The van der Waals surface area contributed by atoms with Crippen molar-refractivity contribution in [3.8, 4) is 0 Å². The fraction of sp³-hybridized carbons (Fsp3) is 0.462. The second-order valence-corrected chi connectivity index (χ2v) is 4.97. The third-order valence-corrected chi connectivity index (χ3v) is 2.90. The van der Waals surface area contributed by atoms with Crippen LogP contribution in [-0.4, -0.2) is 23.7 Å². The number of benzene rings is 1. The topological polar surface area (TPSA) is 49.3 Å². The van der Waals surface area contributed by atoms with Crippen molar-refractivity contribution < 1.29 is 9.90 Å². The summed E-state index contributed by atoms with van der Waals surface area (Å²) in [4.78, 5) is 11.6. The van der Waals surface area contributed by atoms with Crippen LogP contribution in [0.25, 0.3) is 0 Å². The monoisotopic (exact) mass is 299 g/mol. The maximum absolute atomic E-state index is 11.6. The standard InChI is InChI=1S/C13H18BrNO2/c1-2-4-12(16)9-15-13(17)8-10-5-3-6-11(14)7-10/h3,5-7,12,16H,2,4,8-9H2,1H3,(H,15,17). The molecule has 1 rings (SSSR count). The Kier molecular flexibility index (Phi) is 6.22. The molecule has 1 amide bonds. The van der Waals surface area contributed by atoms with Gasteiger partial charge in [-0.1, -0.05) is 41.4 Å². The van der Waals surface area contributed by atoms with Gasteiger partial charge in [0.2, 0.25) is 5.91 Å². The van der Waals surface area contributed by atoms with Crippen molar-refractivity contribution in [1.82, 2.24) is 5.32 Å². The Hall–Kier alpha value is -0.870. The van der Waals surface area contributed by atoms with E-state index in [0.29, 0.717) is 13.0 Å². The molecule has 1 unspecified atom stereocenters. The minimum Gasteiger partial charge on any atom is -0.391 e. The van der Waals surface area contributed by atoms with Gasteiger partial charge in [-0.2, -0.15) is 0 Å². The van der Waals surface area contributed by atoms with Crippen LogP contribution in [0.1, 0.15) is 25.3 Å². The van der Waals surface area contributed by atoms with Crippen molar-refractivity contribution in [3.05, 3.63) is 34.3 Å². The number of rotatable bonds is 6. The van der Waals surface area contributed by atoms with Gasteiger partial charge in [0.1, 0.15) is 0 Å². The van der Waals surface area contributed by atoms with Crippen LogP contribution in [-0.2, 0) is 11.2 Å². The Labute approximate surface area is 110 Å². The van der Waals surface area contributed by atoms with Crippen LogP contribution in [0.4, 0.5) is 0 Å². The van der Waals surface area contributed by atoms with Gasteiger partial charge in [0, 0.05) is 11.0 Å². The SMILES string of the molecule is CCCC(O)CNC(=O)Cc1cccc(Br)c1. The second kappa shape index (κ2) is 7.45. The molecule has 0 bridgehead atoms. The molecule has 0 saturated carbocycles. The minimum absolute atomic E-state index is 0.0572. The fourth-order valence-electron chi connectivity index (χ4n) is 1.56. The molecule has 4 heteroatoms. The van der Waals surface area contributed by atoms with Crippen molar-refractivity contribution in [3.63, 3.8) is 0 Å². The van der Waals surface area contributed by atoms with Crippen molar-refractivity contribution in [2.24, 2.45) is 0 Å². The molecule has 94 valence electrons. The van der Waals surface area contributed by atoms with E-state index >= 15 is 0 Å². The first-order chi connectivity index (χ1) is 8.11. The average Bonchev–Trinajstić information content (AvgIpc) is 2.27. The molecule has 17 heavy (non-hydrogen) atoms. The molecule has 0 aliphatic carbocycles. The minimum atomic E-state index is -0.438. The lowest BCUT2D eigenvalue weighted by Gasteiger charge is -2.10. The third kappa shape index (κ3) is 5.84. The number of carbonyl (C=O) groups excluding carboxylic acids is 1. The molecule has 0 saturated heterocycles. The van der Waals surface area contributed by atoms with Gasteiger partial charge in [0.15, 0.2) is 0 Å². The number of hydrogen-bond donors (Lipinski definition) is 2. The van der Waals surface area contributed by atoms with E-state index < -0.39 is 6.10 Å². The molecule has 2 N–H and O–H groups in total. The zero-order valence-electron chi connectivity index (χ0n) is 9.95. The second-order valence-electron chi connectivity index (χ2n) is 4.05. The number of aliphatic hydroxyl groups is 1. The Morgan fingerprint density at radius 3 is 2.94 bits per heavy atom. The lowest BCUT2D eigenvalue weighted by Crippen LogP contribution is -2.33. The lowest BCUT2D eigenvalue weighted by molar-refractivity contribution is -0.120. The Morgan fingerprint density at radius 2 is 2.29 bits per heavy atom. The third-order valence-electron chi connectivity index (χ3n) is 2.41. The first-order valence-corrected chi connectivity index (χ1v) is 6.60. The van der Waals surface area contributed by atoms with Gasteiger partial charge >= 0.3 is 0 Å². The molecule has 0 radical (unpaired) electrons. The van der Waals surface area contributed by atoms with Crippen LogP contribution in [0.2, 0.25) is 0 Å². The fourth-order valence-corrected chi connectivity index (χ4v) is 2.01. The summed E-state index contributed by atoms with van der Waals surface area (Å²) in [5, 5.41) is 12.2. The van der Waals surface area contributed by atoms with Gasteiger partial charge in [0.25, 0.3) is 0 Å². The molecule has 0 aromatic heterocycles. The molecule has 0 spiro atoms. The molecule has 0 heterocycles. The van der Waals surface area contributed by atoms with Gasteiger partial charge in [0.05, 0.1) is 12.5 Å². The smallest absolute Gasteiger partial charge is 0.224 e. The van der Waals surface area contributed by atoms with E-state index in [0.717, 1.165) is 22.9 Å². The van der Waals surface area contributed by atoms with Crippen LogP contribution >= 0.6 is 15.9 Å². The molecule has 0 aliphatic rings. The number of amides is 1. The van der Waals surface area contributed by atoms with Crippen molar-refractivity contribution in [1.29, 1.82) is 0 Å². The highest BCUT2D eigenvalue weighted by molar-refractivity contribution is 9.10. The summed E-state index contributed by atoms with van der Waals surface area (Å²) < 4.78 is 0.966. The average molecular weight is 300 g/mol. The predicted molar refractivity (Wildman–Crippen MR) is 71.8 cm³/mol. The van der Waals surface area contributed by atoms with Crippen molar-refractivity contribution in [2.45, 2.75) is 32.3 Å². The summed E-state index contributed by atoms with van der Waals surface area (Å²) in [6.45, 7) is 2.34. The Balaban J connectivity index is 2.34. The zero-order valence-corrected chi connectivity index (χ0v) is 11.5. The van der Waals surface area contributed by atoms with E-state index in [1.165, 1.54) is 0 Å². The number of carbonyl (C=O) groups is 1. The van der Waals surface area contributed by atoms with Crippen LogP contribution in [0, 0.1) is 0 Å². The molecule has 0 aliphatic heterocycles. The van der Waals surface area contributed by atoms with E-state index in [1.54, 1.807) is 0 Å². The van der Waals surface area contributed by atoms with Gasteiger partial charge in [-0.05, 0) is 24.1 Å². The van der Waals surface area contributed by atoms with E-state index in [4.69, 9.17) is 0 Å². The summed E-state index contributed by atoms with van der Waals surface area (Å²) in [5.74, 6) is -0.0572. The van der Waals surface area contributed by atoms with E-state index in [9.17, 15) is 9.90 Å². The quantitative estimate of drug-likeness (QED) is 0.846. The molecule has 1 aromatic rings. The van der Waals surface area contributed by atoms with Gasteiger partial charge in [-0.3, -0.25) is 4.79 Å². The summed E-state index contributed by atoms with van der Waals surface area (Å²) >= 11 is 3.36. The maximum Gasteiger partial charge on any atom is 0.224 e. The van der Waals surface area contributed by atoms with Gasteiger partial charge < -0.3 is 10.4 Å².